The molecule has 0 bridgehead atoms. The number of carboxylic acid groups (broad SMARTS) is 3. The van der Waals surface area contributed by atoms with Gasteiger partial charge in [-0.1, -0.05) is 30.3 Å². The van der Waals surface area contributed by atoms with Gasteiger partial charge in [0, 0.05) is 57.1 Å². The summed E-state index contributed by atoms with van der Waals surface area (Å²) in [5.41, 5.74) is 4.47. The number of pyridine rings is 1. The van der Waals surface area contributed by atoms with Crippen LogP contribution in [0.3, 0.4) is 0 Å². The Hall–Kier alpha value is -3.97. The van der Waals surface area contributed by atoms with Gasteiger partial charge in [0.05, 0.1) is 13.2 Å². The van der Waals surface area contributed by atoms with Gasteiger partial charge in [0.25, 0.3) is 0 Å². The van der Waals surface area contributed by atoms with Crippen LogP contribution in [0.4, 0.5) is 39.5 Å². The van der Waals surface area contributed by atoms with Crippen molar-refractivity contribution in [2.75, 3.05) is 39.4 Å². The van der Waals surface area contributed by atoms with Gasteiger partial charge in [-0.05, 0) is 28.7 Å². The molecule has 2 aromatic rings. The van der Waals surface area contributed by atoms with E-state index >= 15 is 0 Å². The van der Waals surface area contributed by atoms with E-state index in [1.54, 1.807) is 11.1 Å². The van der Waals surface area contributed by atoms with Crippen molar-refractivity contribution in [3.05, 3.63) is 65.5 Å². The predicted molar refractivity (Wildman–Crippen MR) is 138 cm³/mol. The average Bonchev–Trinajstić information content (AvgIpc) is 3.50. The minimum atomic E-state index is -5.08. The van der Waals surface area contributed by atoms with Gasteiger partial charge >= 0.3 is 36.4 Å². The zero-order valence-electron chi connectivity index (χ0n) is 23.5. The van der Waals surface area contributed by atoms with Crippen LogP contribution >= 0.6 is 0 Å². The van der Waals surface area contributed by atoms with E-state index in [1.165, 1.54) is 12.1 Å². The van der Waals surface area contributed by atoms with Crippen LogP contribution < -0.4 is 0 Å². The molecule has 1 aromatic heterocycles. The molecule has 10 nitrogen and oxygen atoms in total. The molecule has 1 aromatic carbocycles. The Morgan fingerprint density at radius 2 is 1.24 bits per heavy atom. The van der Waals surface area contributed by atoms with Crippen LogP contribution in [0, 0.1) is 5.92 Å². The summed E-state index contributed by atoms with van der Waals surface area (Å²) in [7, 11) is 0. The molecule has 0 amide bonds. The van der Waals surface area contributed by atoms with Crippen LogP contribution in [0.15, 0.2) is 48.8 Å². The average molecular weight is 678 g/mol. The molecule has 2 saturated heterocycles. The number of likely N-dealkylation sites (tertiary alicyclic amines) is 1. The number of hydrogen-bond donors (Lipinski definition) is 3. The van der Waals surface area contributed by atoms with Crippen LogP contribution in [0.5, 0.6) is 0 Å². The highest BCUT2D eigenvalue weighted by atomic mass is 19.4. The number of aromatic nitrogens is 1. The van der Waals surface area contributed by atoms with Crippen molar-refractivity contribution in [1.82, 2.24) is 14.8 Å². The summed E-state index contributed by atoms with van der Waals surface area (Å²) >= 11 is 0. The minimum Gasteiger partial charge on any atom is -0.475 e. The number of alkyl halides is 9. The lowest BCUT2D eigenvalue weighted by atomic mass is 9.93. The van der Waals surface area contributed by atoms with Gasteiger partial charge in [0.2, 0.25) is 0 Å². The molecule has 3 atom stereocenters. The van der Waals surface area contributed by atoms with E-state index in [-0.39, 0.29) is 0 Å². The SMILES string of the molecule is O=C(O)C(F)(F)F.O=C(O)C(F)(F)F.O=C(O)C(F)(F)F.c1cncc(CN2C[C@H]3[C@@H](C2)c2ccccc2[C@@H]3N2CCOCC2)c1. The number of morpholine rings is 1. The maximum atomic E-state index is 10.6. The van der Waals surface area contributed by atoms with Crippen LogP contribution in [-0.4, -0.2) is 106 Å². The summed E-state index contributed by atoms with van der Waals surface area (Å²) in [5, 5.41) is 21.4. The number of hydrogen-bond acceptors (Lipinski definition) is 7. The van der Waals surface area contributed by atoms with Gasteiger partial charge in [-0.15, -0.1) is 0 Å². The molecular formula is C27H28F9N3O7. The first-order valence-electron chi connectivity index (χ1n) is 13.2. The minimum absolute atomic E-state index is 0.559. The number of carbonyl (C=O) groups is 3. The largest absolute Gasteiger partial charge is 0.490 e. The maximum Gasteiger partial charge on any atom is 0.490 e. The third-order valence-electron chi connectivity index (χ3n) is 6.86. The first-order chi connectivity index (χ1) is 21.2. The summed E-state index contributed by atoms with van der Waals surface area (Å²) in [5.74, 6) is -6.90. The monoisotopic (exact) mass is 677 g/mol. The predicted octanol–water partition coefficient (Wildman–Crippen LogP) is 4.58. The number of fused-ring (bicyclic) bond motifs is 3. The number of benzene rings is 1. The highest BCUT2D eigenvalue weighted by Crippen LogP contribution is 2.52. The second kappa shape index (κ2) is 16.0. The summed E-state index contributed by atoms with van der Waals surface area (Å²) in [6, 6.07) is 13.9. The molecule has 19 heteroatoms. The Morgan fingerprint density at radius 3 is 1.67 bits per heavy atom. The maximum absolute atomic E-state index is 10.6. The number of aliphatic carboxylic acids is 3. The van der Waals surface area contributed by atoms with E-state index in [0.717, 1.165) is 39.4 Å². The van der Waals surface area contributed by atoms with Crippen molar-refractivity contribution >= 4 is 17.9 Å². The van der Waals surface area contributed by atoms with E-state index in [4.69, 9.17) is 34.4 Å². The molecule has 3 N–H and O–H groups in total. The Kier molecular flexibility index (Phi) is 13.3. The summed E-state index contributed by atoms with van der Waals surface area (Å²) < 4.78 is 101. The first kappa shape index (κ1) is 38.2. The Balaban J connectivity index is 0.000000289. The highest BCUT2D eigenvalue weighted by Gasteiger charge is 2.48. The molecule has 1 aliphatic carbocycles. The molecule has 3 aliphatic rings. The van der Waals surface area contributed by atoms with Crippen LogP contribution in [0.25, 0.3) is 0 Å². The molecule has 0 radical (unpaired) electrons. The Morgan fingerprint density at radius 1 is 0.761 bits per heavy atom. The number of ether oxygens (including phenoxy) is 1. The molecule has 2 fully saturated rings. The molecule has 3 heterocycles. The number of nitrogens with zero attached hydrogens (tertiary/aromatic N) is 3. The fraction of sp³-hybridized carbons (Fsp3) is 0.481. The summed E-state index contributed by atoms with van der Waals surface area (Å²) in [6.45, 7) is 7.22. The van der Waals surface area contributed by atoms with E-state index in [2.05, 4.69) is 45.1 Å². The number of carboxylic acids is 3. The molecule has 2 aliphatic heterocycles. The third-order valence-corrected chi connectivity index (χ3v) is 6.86. The zero-order valence-corrected chi connectivity index (χ0v) is 23.5. The van der Waals surface area contributed by atoms with Crippen molar-refractivity contribution in [2.45, 2.75) is 37.0 Å². The van der Waals surface area contributed by atoms with Crippen molar-refractivity contribution < 1.29 is 74.0 Å². The van der Waals surface area contributed by atoms with Crippen LogP contribution in [0.1, 0.15) is 28.7 Å². The molecule has 0 spiro atoms. The van der Waals surface area contributed by atoms with Gasteiger partial charge in [0.15, 0.2) is 0 Å². The zero-order chi connectivity index (χ0) is 34.9. The van der Waals surface area contributed by atoms with Gasteiger partial charge in [0.1, 0.15) is 0 Å². The molecule has 0 saturated carbocycles. The van der Waals surface area contributed by atoms with E-state index in [1.807, 2.05) is 18.5 Å². The normalized spacial score (nSPS) is 21.2. The third kappa shape index (κ3) is 11.4. The molecular weight excluding hydrogens is 649 g/mol. The van der Waals surface area contributed by atoms with E-state index in [9.17, 15) is 39.5 Å². The molecule has 256 valence electrons. The smallest absolute Gasteiger partial charge is 0.475 e. The van der Waals surface area contributed by atoms with Crippen molar-refractivity contribution in [2.24, 2.45) is 5.92 Å². The fourth-order valence-corrected chi connectivity index (χ4v) is 5.11. The topological polar surface area (TPSA) is 140 Å². The lowest BCUT2D eigenvalue weighted by molar-refractivity contribution is -0.193. The lowest BCUT2D eigenvalue weighted by Gasteiger charge is -2.36. The highest BCUT2D eigenvalue weighted by molar-refractivity contribution is 5.73. The second-order valence-corrected chi connectivity index (χ2v) is 9.96. The van der Waals surface area contributed by atoms with Crippen LogP contribution in [0.2, 0.25) is 0 Å². The standard InChI is InChI=1S/C21H25N3O.3C2HF3O2/c1-2-6-18-17(5-1)19-14-23(13-16-4-3-7-22-12-16)15-20(19)21(18)24-8-10-25-11-9-24;3*3-2(4,5)1(6)7/h1-7,12,19-21H,8-11,13-15H2;3*(H,6,7)/t19-,20-,21-;;;/m0.../s1. The molecule has 5 rings (SSSR count). The summed E-state index contributed by atoms with van der Waals surface area (Å²) in [6.07, 6.45) is -11.4. The Labute approximate surface area is 255 Å². The van der Waals surface area contributed by atoms with Gasteiger partial charge in [-0.25, -0.2) is 14.4 Å². The number of halogens is 9. The quantitative estimate of drug-likeness (QED) is 0.396. The van der Waals surface area contributed by atoms with Crippen molar-refractivity contribution in [3.8, 4) is 0 Å². The first-order valence-corrected chi connectivity index (χ1v) is 13.2. The summed E-state index contributed by atoms with van der Waals surface area (Å²) in [4.78, 5) is 36.2. The van der Waals surface area contributed by atoms with Gasteiger partial charge in [-0.2, -0.15) is 39.5 Å². The Bertz CT molecular complexity index is 1250. The van der Waals surface area contributed by atoms with Crippen LogP contribution in [-0.2, 0) is 25.7 Å². The molecule has 46 heavy (non-hydrogen) atoms. The second-order valence-electron chi connectivity index (χ2n) is 9.96. The lowest BCUT2D eigenvalue weighted by Crippen LogP contribution is -2.41. The van der Waals surface area contributed by atoms with E-state index in [0.29, 0.717) is 17.9 Å². The number of rotatable bonds is 3. The van der Waals surface area contributed by atoms with Gasteiger partial charge < -0.3 is 20.1 Å². The molecule has 0 unspecified atom stereocenters. The fourth-order valence-electron chi connectivity index (χ4n) is 5.11. The van der Waals surface area contributed by atoms with Crippen molar-refractivity contribution in [3.63, 3.8) is 0 Å². The van der Waals surface area contributed by atoms with Crippen molar-refractivity contribution in [1.29, 1.82) is 0 Å². The van der Waals surface area contributed by atoms with E-state index < -0.39 is 36.4 Å². The van der Waals surface area contributed by atoms with Gasteiger partial charge in [-0.3, -0.25) is 14.8 Å².